The van der Waals surface area contributed by atoms with Crippen molar-refractivity contribution < 1.29 is 14.2 Å². The second-order valence-corrected chi connectivity index (χ2v) is 7.39. The van der Waals surface area contributed by atoms with Crippen LogP contribution in [-0.4, -0.2) is 39.6 Å². The zero-order chi connectivity index (χ0) is 22.0. The first kappa shape index (κ1) is 20.3. The van der Waals surface area contributed by atoms with Crippen LogP contribution in [0.4, 0.5) is 0 Å². The molecule has 1 aliphatic heterocycles. The molecule has 0 aliphatic carbocycles. The molecule has 0 bridgehead atoms. The highest BCUT2D eigenvalue weighted by Crippen LogP contribution is 2.47. The van der Waals surface area contributed by atoms with Gasteiger partial charge in [-0.1, -0.05) is 42.5 Å². The molecule has 4 rings (SSSR count). The number of methoxy groups -OCH3 is 2. The van der Waals surface area contributed by atoms with Gasteiger partial charge in [0.05, 0.1) is 26.5 Å². The predicted molar refractivity (Wildman–Crippen MR) is 121 cm³/mol. The average Bonchev–Trinajstić information content (AvgIpc) is 2.80. The lowest BCUT2D eigenvalue weighted by molar-refractivity contribution is 0.354. The maximum atomic E-state index is 10.1. The van der Waals surface area contributed by atoms with Gasteiger partial charge >= 0.3 is 0 Å². The summed E-state index contributed by atoms with van der Waals surface area (Å²) in [4.78, 5) is 6.27. The summed E-state index contributed by atoms with van der Waals surface area (Å²) in [6, 6.07) is 20.1. The normalized spacial score (nSPS) is 15.4. The molecule has 0 amide bonds. The molecule has 0 radical (unpaired) electrons. The monoisotopic (exact) mass is 413 g/mol. The van der Waals surface area contributed by atoms with Crippen molar-refractivity contribution in [3.8, 4) is 23.3 Å². The van der Waals surface area contributed by atoms with Gasteiger partial charge in [0, 0.05) is 25.0 Å². The number of ether oxygens (including phenoxy) is 3. The number of hydrogen-bond donors (Lipinski definition) is 0. The fourth-order valence-corrected chi connectivity index (χ4v) is 3.79. The van der Waals surface area contributed by atoms with Crippen LogP contribution in [0.25, 0.3) is 10.8 Å². The summed E-state index contributed by atoms with van der Waals surface area (Å²) in [5.41, 5.74) is 2.24. The van der Waals surface area contributed by atoms with Crippen LogP contribution in [0, 0.1) is 11.3 Å². The molecule has 1 atom stereocenters. The number of aliphatic imine (C=N–C) groups is 1. The molecule has 6 nitrogen and oxygen atoms in total. The van der Waals surface area contributed by atoms with Crippen molar-refractivity contribution in [1.82, 2.24) is 4.90 Å². The number of rotatable bonds is 5. The summed E-state index contributed by atoms with van der Waals surface area (Å²) < 4.78 is 17.1. The Hall–Kier alpha value is -3.98. The molecular formula is C25H23N3O3. The average molecular weight is 413 g/mol. The fourth-order valence-electron chi connectivity index (χ4n) is 3.79. The Morgan fingerprint density at radius 2 is 1.81 bits per heavy atom. The van der Waals surface area contributed by atoms with Crippen molar-refractivity contribution in [3.63, 3.8) is 0 Å². The van der Waals surface area contributed by atoms with E-state index in [-0.39, 0.29) is 5.92 Å². The van der Waals surface area contributed by atoms with Crippen molar-refractivity contribution in [3.05, 3.63) is 77.2 Å². The highest BCUT2D eigenvalue weighted by atomic mass is 16.5. The van der Waals surface area contributed by atoms with E-state index in [9.17, 15) is 5.26 Å². The Morgan fingerprint density at radius 3 is 2.52 bits per heavy atom. The Bertz CT molecular complexity index is 1240. The standard InChI is InChI=1S/C25H23N3O3/c1-28(2)15-27-25-20(14-26)23(17-10-12-21(29-3)22(13-17)30-4)19-11-9-16-7-5-6-8-18(16)24(19)31-25/h5-13,15,23H,1-4H3. The van der Waals surface area contributed by atoms with Gasteiger partial charge in [-0.05, 0) is 23.1 Å². The molecule has 0 spiro atoms. The number of nitriles is 1. The van der Waals surface area contributed by atoms with E-state index in [0.29, 0.717) is 28.7 Å². The number of hydrogen-bond acceptors (Lipinski definition) is 5. The zero-order valence-electron chi connectivity index (χ0n) is 17.9. The molecular weight excluding hydrogens is 390 g/mol. The largest absolute Gasteiger partial charge is 0.493 e. The molecule has 156 valence electrons. The van der Waals surface area contributed by atoms with E-state index in [1.807, 2.05) is 68.7 Å². The van der Waals surface area contributed by atoms with E-state index in [2.05, 4.69) is 11.1 Å². The van der Waals surface area contributed by atoms with Gasteiger partial charge < -0.3 is 19.1 Å². The van der Waals surface area contributed by atoms with Crippen LogP contribution in [0.15, 0.2) is 71.0 Å². The van der Waals surface area contributed by atoms with Gasteiger partial charge in [-0.2, -0.15) is 5.26 Å². The molecule has 0 saturated carbocycles. The third kappa shape index (κ3) is 3.66. The molecule has 0 fully saturated rings. The lowest BCUT2D eigenvalue weighted by Gasteiger charge is -2.28. The van der Waals surface area contributed by atoms with Crippen LogP contribution < -0.4 is 14.2 Å². The van der Waals surface area contributed by atoms with Crippen LogP contribution in [0.3, 0.4) is 0 Å². The smallest absolute Gasteiger partial charge is 0.235 e. The molecule has 0 N–H and O–H groups in total. The Morgan fingerprint density at radius 1 is 1.03 bits per heavy atom. The molecule has 3 aromatic carbocycles. The number of fused-ring (bicyclic) bond motifs is 3. The molecule has 1 aliphatic rings. The zero-order valence-corrected chi connectivity index (χ0v) is 17.9. The first-order valence-electron chi connectivity index (χ1n) is 9.83. The van der Waals surface area contributed by atoms with Crippen LogP contribution in [0.1, 0.15) is 17.0 Å². The summed E-state index contributed by atoms with van der Waals surface area (Å²) in [6.45, 7) is 0. The first-order valence-corrected chi connectivity index (χ1v) is 9.83. The molecule has 0 saturated heterocycles. The minimum atomic E-state index is -0.354. The molecule has 1 heterocycles. The second kappa shape index (κ2) is 8.41. The van der Waals surface area contributed by atoms with Gasteiger partial charge in [0.25, 0.3) is 0 Å². The number of benzene rings is 3. The molecule has 31 heavy (non-hydrogen) atoms. The fraction of sp³-hybridized carbons (Fsp3) is 0.200. The van der Waals surface area contributed by atoms with E-state index < -0.39 is 0 Å². The molecule has 1 unspecified atom stereocenters. The molecule has 0 aromatic heterocycles. The quantitative estimate of drug-likeness (QED) is 0.448. The van der Waals surface area contributed by atoms with Crippen molar-refractivity contribution in [1.29, 1.82) is 5.26 Å². The SMILES string of the molecule is COc1ccc(C2C(C#N)=C(N=CN(C)C)Oc3c2ccc2ccccc32)cc1OC. The third-order valence-electron chi connectivity index (χ3n) is 5.21. The predicted octanol–water partition coefficient (Wildman–Crippen LogP) is 4.71. The molecule has 6 heteroatoms. The highest BCUT2D eigenvalue weighted by Gasteiger charge is 2.33. The van der Waals surface area contributed by atoms with Gasteiger partial charge in [-0.3, -0.25) is 0 Å². The Labute approximate surface area is 181 Å². The lowest BCUT2D eigenvalue weighted by Crippen LogP contribution is -2.17. The number of nitrogens with zero attached hydrogens (tertiary/aromatic N) is 3. The van der Waals surface area contributed by atoms with Crippen LogP contribution in [-0.2, 0) is 0 Å². The van der Waals surface area contributed by atoms with Crippen molar-refractivity contribution in [2.75, 3.05) is 28.3 Å². The van der Waals surface area contributed by atoms with Gasteiger partial charge in [-0.25, -0.2) is 4.99 Å². The van der Waals surface area contributed by atoms with E-state index in [1.54, 1.807) is 25.5 Å². The van der Waals surface area contributed by atoms with Gasteiger partial charge in [-0.15, -0.1) is 0 Å². The summed E-state index contributed by atoms with van der Waals surface area (Å²) in [5.74, 6) is 1.88. The van der Waals surface area contributed by atoms with E-state index in [0.717, 1.165) is 21.9 Å². The van der Waals surface area contributed by atoms with Gasteiger partial charge in [0.15, 0.2) is 11.5 Å². The Kier molecular flexibility index (Phi) is 5.50. The minimum absolute atomic E-state index is 0.292. The van der Waals surface area contributed by atoms with Gasteiger partial charge in [0.1, 0.15) is 17.4 Å². The highest BCUT2D eigenvalue weighted by molar-refractivity contribution is 5.91. The van der Waals surface area contributed by atoms with Crippen LogP contribution in [0.2, 0.25) is 0 Å². The third-order valence-corrected chi connectivity index (χ3v) is 5.21. The Balaban J connectivity index is 1.99. The van der Waals surface area contributed by atoms with E-state index in [1.165, 1.54) is 0 Å². The summed E-state index contributed by atoms with van der Waals surface area (Å²) in [5, 5.41) is 12.1. The minimum Gasteiger partial charge on any atom is -0.493 e. The summed E-state index contributed by atoms with van der Waals surface area (Å²) in [6.07, 6.45) is 1.63. The van der Waals surface area contributed by atoms with Crippen LogP contribution >= 0.6 is 0 Å². The van der Waals surface area contributed by atoms with E-state index >= 15 is 0 Å². The van der Waals surface area contributed by atoms with E-state index in [4.69, 9.17) is 14.2 Å². The van der Waals surface area contributed by atoms with Crippen LogP contribution in [0.5, 0.6) is 17.2 Å². The molecule has 3 aromatic rings. The lowest BCUT2D eigenvalue weighted by atomic mass is 9.82. The topological polar surface area (TPSA) is 67.1 Å². The van der Waals surface area contributed by atoms with Crippen molar-refractivity contribution in [2.45, 2.75) is 5.92 Å². The number of allylic oxidation sites excluding steroid dienone is 1. The summed E-state index contributed by atoms with van der Waals surface area (Å²) >= 11 is 0. The maximum Gasteiger partial charge on any atom is 0.235 e. The first-order chi connectivity index (χ1) is 15.1. The maximum absolute atomic E-state index is 10.1. The second-order valence-electron chi connectivity index (χ2n) is 7.39. The summed E-state index contributed by atoms with van der Waals surface area (Å²) in [7, 11) is 6.94. The van der Waals surface area contributed by atoms with Crippen molar-refractivity contribution in [2.24, 2.45) is 4.99 Å². The van der Waals surface area contributed by atoms with Crippen molar-refractivity contribution >= 4 is 17.1 Å². The van der Waals surface area contributed by atoms with Gasteiger partial charge in [0.2, 0.25) is 5.88 Å².